The number of imidazole rings is 1. The van der Waals surface area contributed by atoms with Crippen molar-refractivity contribution in [2.24, 2.45) is 5.92 Å². The molecule has 5 nitrogen and oxygen atoms in total. The van der Waals surface area contributed by atoms with Crippen molar-refractivity contribution < 1.29 is 0 Å². The molecule has 0 radical (unpaired) electrons. The number of hydrogen-bond acceptors (Lipinski definition) is 4. The summed E-state index contributed by atoms with van der Waals surface area (Å²) in [5.41, 5.74) is 2.30. The molecule has 1 fully saturated rings. The third-order valence-corrected chi connectivity index (χ3v) is 4.36. The molecule has 0 spiro atoms. The summed E-state index contributed by atoms with van der Waals surface area (Å²) in [6.07, 6.45) is 1.77. The molecule has 1 atom stereocenters. The second kappa shape index (κ2) is 7.20. The maximum Gasteiger partial charge on any atom is 0.0925 e. The molecule has 5 heteroatoms. The first kappa shape index (κ1) is 15.5. The van der Waals surface area contributed by atoms with Crippen molar-refractivity contribution in [1.82, 2.24) is 25.1 Å². The molecular weight excluding hydrogens is 250 g/mol. The van der Waals surface area contributed by atoms with Gasteiger partial charge in [0.2, 0.25) is 0 Å². The predicted molar refractivity (Wildman–Crippen MR) is 82.7 cm³/mol. The highest BCUT2D eigenvalue weighted by Gasteiger charge is 2.24. The zero-order chi connectivity index (χ0) is 14.5. The lowest BCUT2D eigenvalue weighted by molar-refractivity contribution is 0.0874. The van der Waals surface area contributed by atoms with Gasteiger partial charge in [0.1, 0.15) is 0 Å². The Hall–Kier alpha value is -0.910. The minimum atomic E-state index is 0.614. The van der Waals surface area contributed by atoms with Gasteiger partial charge < -0.3 is 15.2 Å². The molecule has 1 aromatic rings. The van der Waals surface area contributed by atoms with Gasteiger partial charge >= 0.3 is 0 Å². The van der Waals surface area contributed by atoms with Gasteiger partial charge in [-0.2, -0.15) is 0 Å². The third kappa shape index (κ3) is 4.04. The molecular formula is C15H29N5. The summed E-state index contributed by atoms with van der Waals surface area (Å²) in [6.45, 7) is 13.3. The standard InChI is InChI=1S/C15H29N5/c1-12(2)15(20-7-5-19(4)6-8-20)10-16-9-14-13(3)17-11-18-14/h11-12,15-16H,5-10H2,1-4H3,(H,17,18). The van der Waals surface area contributed by atoms with Crippen LogP contribution in [-0.4, -0.2) is 65.6 Å². The van der Waals surface area contributed by atoms with Gasteiger partial charge in [0.15, 0.2) is 0 Å². The number of likely N-dealkylation sites (N-methyl/N-ethyl adjacent to an activating group) is 1. The monoisotopic (exact) mass is 279 g/mol. The van der Waals surface area contributed by atoms with Gasteiger partial charge in [-0.15, -0.1) is 0 Å². The molecule has 1 aromatic heterocycles. The summed E-state index contributed by atoms with van der Waals surface area (Å²) >= 11 is 0. The molecule has 1 saturated heterocycles. The van der Waals surface area contributed by atoms with Gasteiger partial charge in [0.25, 0.3) is 0 Å². The van der Waals surface area contributed by atoms with Crippen LogP contribution in [0.1, 0.15) is 25.2 Å². The van der Waals surface area contributed by atoms with Crippen molar-refractivity contribution in [3.63, 3.8) is 0 Å². The fourth-order valence-corrected chi connectivity index (χ4v) is 2.84. The fraction of sp³-hybridized carbons (Fsp3) is 0.800. The summed E-state index contributed by atoms with van der Waals surface area (Å²) < 4.78 is 0. The van der Waals surface area contributed by atoms with E-state index in [2.05, 4.69) is 52.9 Å². The van der Waals surface area contributed by atoms with Gasteiger partial charge in [-0.25, -0.2) is 4.98 Å². The van der Waals surface area contributed by atoms with E-state index in [9.17, 15) is 0 Å². The molecule has 2 N–H and O–H groups in total. The lowest BCUT2D eigenvalue weighted by Crippen LogP contribution is -2.53. The average molecular weight is 279 g/mol. The van der Waals surface area contributed by atoms with E-state index < -0.39 is 0 Å². The van der Waals surface area contributed by atoms with Crippen LogP contribution in [-0.2, 0) is 6.54 Å². The largest absolute Gasteiger partial charge is 0.348 e. The SMILES string of the molecule is Cc1[nH]cnc1CNCC(C(C)C)N1CCN(C)CC1. The number of rotatable bonds is 6. The first-order valence-corrected chi connectivity index (χ1v) is 7.70. The topological polar surface area (TPSA) is 47.2 Å². The Morgan fingerprint density at radius 2 is 2.00 bits per heavy atom. The van der Waals surface area contributed by atoms with Gasteiger partial charge in [-0.3, -0.25) is 4.90 Å². The van der Waals surface area contributed by atoms with E-state index in [1.54, 1.807) is 6.33 Å². The van der Waals surface area contributed by atoms with Crippen molar-refractivity contribution in [2.45, 2.75) is 33.4 Å². The number of nitrogens with zero attached hydrogens (tertiary/aromatic N) is 3. The highest BCUT2D eigenvalue weighted by Crippen LogP contribution is 2.13. The number of nitrogens with one attached hydrogen (secondary N) is 2. The first-order valence-electron chi connectivity index (χ1n) is 7.70. The zero-order valence-electron chi connectivity index (χ0n) is 13.3. The van der Waals surface area contributed by atoms with Crippen LogP contribution in [0, 0.1) is 12.8 Å². The second-order valence-corrected chi connectivity index (χ2v) is 6.26. The molecule has 1 aliphatic heterocycles. The molecule has 0 bridgehead atoms. The molecule has 0 amide bonds. The highest BCUT2D eigenvalue weighted by atomic mass is 15.3. The van der Waals surface area contributed by atoms with Gasteiger partial charge in [-0.1, -0.05) is 13.8 Å². The number of H-pyrrole nitrogens is 1. The van der Waals surface area contributed by atoms with E-state index in [1.165, 1.54) is 26.2 Å². The van der Waals surface area contributed by atoms with Crippen molar-refractivity contribution in [3.05, 3.63) is 17.7 Å². The van der Waals surface area contributed by atoms with Crippen LogP contribution in [0.4, 0.5) is 0 Å². The number of aromatic nitrogens is 2. The van der Waals surface area contributed by atoms with Crippen LogP contribution >= 0.6 is 0 Å². The van der Waals surface area contributed by atoms with Crippen molar-refractivity contribution in [3.8, 4) is 0 Å². The molecule has 0 saturated carbocycles. The van der Waals surface area contributed by atoms with Crippen LogP contribution in [0.15, 0.2) is 6.33 Å². The fourth-order valence-electron chi connectivity index (χ4n) is 2.84. The van der Waals surface area contributed by atoms with Gasteiger partial charge in [0, 0.05) is 51.0 Å². The Morgan fingerprint density at radius 1 is 1.30 bits per heavy atom. The van der Waals surface area contributed by atoms with Gasteiger partial charge in [-0.05, 0) is 19.9 Å². The lowest BCUT2D eigenvalue weighted by Gasteiger charge is -2.40. The molecule has 0 aromatic carbocycles. The molecule has 2 rings (SSSR count). The molecule has 1 aliphatic rings. The van der Waals surface area contributed by atoms with Crippen LogP contribution < -0.4 is 5.32 Å². The second-order valence-electron chi connectivity index (χ2n) is 6.26. The number of hydrogen-bond donors (Lipinski definition) is 2. The zero-order valence-corrected chi connectivity index (χ0v) is 13.3. The van der Waals surface area contributed by atoms with E-state index >= 15 is 0 Å². The van der Waals surface area contributed by atoms with Crippen LogP contribution in [0.3, 0.4) is 0 Å². The minimum absolute atomic E-state index is 0.614. The van der Waals surface area contributed by atoms with Crippen LogP contribution in [0.5, 0.6) is 0 Å². The molecule has 1 unspecified atom stereocenters. The van der Waals surface area contributed by atoms with E-state index in [0.29, 0.717) is 12.0 Å². The summed E-state index contributed by atoms with van der Waals surface area (Å²) in [5, 5.41) is 3.58. The number of aromatic amines is 1. The van der Waals surface area contributed by atoms with Crippen molar-refractivity contribution in [2.75, 3.05) is 39.8 Å². The summed E-state index contributed by atoms with van der Waals surface area (Å²) in [7, 11) is 2.21. The molecule has 20 heavy (non-hydrogen) atoms. The Labute approximate surface area is 122 Å². The van der Waals surface area contributed by atoms with E-state index in [4.69, 9.17) is 0 Å². The lowest BCUT2D eigenvalue weighted by atomic mass is 10.0. The maximum atomic E-state index is 4.34. The summed E-state index contributed by atoms with van der Waals surface area (Å²) in [5.74, 6) is 0.672. The molecule has 2 heterocycles. The normalized spacial score (nSPS) is 19.6. The Balaban J connectivity index is 1.82. The van der Waals surface area contributed by atoms with Crippen LogP contribution in [0.2, 0.25) is 0 Å². The quantitative estimate of drug-likeness (QED) is 0.818. The van der Waals surface area contributed by atoms with Crippen molar-refractivity contribution >= 4 is 0 Å². The van der Waals surface area contributed by atoms with E-state index in [0.717, 1.165) is 24.5 Å². The predicted octanol–water partition coefficient (Wildman–Crippen LogP) is 1.08. The number of aryl methyl sites for hydroxylation is 1. The Morgan fingerprint density at radius 3 is 2.55 bits per heavy atom. The van der Waals surface area contributed by atoms with E-state index in [-0.39, 0.29) is 0 Å². The molecule has 0 aliphatic carbocycles. The Bertz CT molecular complexity index is 393. The molecule has 114 valence electrons. The minimum Gasteiger partial charge on any atom is -0.348 e. The third-order valence-electron chi connectivity index (χ3n) is 4.36. The van der Waals surface area contributed by atoms with Crippen molar-refractivity contribution in [1.29, 1.82) is 0 Å². The van der Waals surface area contributed by atoms with Crippen LogP contribution in [0.25, 0.3) is 0 Å². The maximum absolute atomic E-state index is 4.34. The number of piperazine rings is 1. The summed E-state index contributed by atoms with van der Waals surface area (Å²) in [6, 6.07) is 0.614. The highest BCUT2D eigenvalue weighted by molar-refractivity contribution is 5.08. The van der Waals surface area contributed by atoms with E-state index in [1.807, 2.05) is 0 Å². The first-order chi connectivity index (χ1) is 9.58. The average Bonchev–Trinajstić information content (AvgIpc) is 2.81. The Kier molecular flexibility index (Phi) is 5.57. The van der Waals surface area contributed by atoms with Gasteiger partial charge in [0.05, 0.1) is 12.0 Å². The smallest absolute Gasteiger partial charge is 0.0925 e. The summed E-state index contributed by atoms with van der Waals surface area (Å²) in [4.78, 5) is 12.5.